The van der Waals surface area contributed by atoms with E-state index in [0.29, 0.717) is 0 Å². The number of benzene rings is 7. The molecule has 0 aliphatic carbocycles. The molecule has 0 amide bonds. The highest BCUT2D eigenvalue weighted by Gasteiger charge is 2.14. The summed E-state index contributed by atoms with van der Waals surface area (Å²) in [5.74, 6) is 0. The fraction of sp³-hybridized carbons (Fsp3) is 0. The Balaban J connectivity index is 1.08. The van der Waals surface area contributed by atoms with E-state index in [-0.39, 0.29) is 0 Å². The topological polar surface area (TPSA) is 4.93 Å². The molecule has 0 N–H and O–H groups in total. The molecule has 0 radical (unpaired) electrons. The van der Waals surface area contributed by atoms with E-state index < -0.39 is 0 Å². The van der Waals surface area contributed by atoms with Gasteiger partial charge in [0.05, 0.1) is 11.0 Å². The van der Waals surface area contributed by atoms with Crippen LogP contribution >= 0.6 is 11.3 Å². The third-order valence-electron chi connectivity index (χ3n) is 8.83. The molecule has 44 heavy (non-hydrogen) atoms. The van der Waals surface area contributed by atoms with Crippen molar-refractivity contribution in [1.29, 1.82) is 0 Å². The molecule has 7 aromatic carbocycles. The molecule has 0 aliphatic rings. The lowest BCUT2D eigenvalue weighted by Gasteiger charge is -2.11. The van der Waals surface area contributed by atoms with Crippen LogP contribution < -0.4 is 0 Å². The number of aromatic nitrogens is 1. The lowest BCUT2D eigenvalue weighted by atomic mass is 9.99. The van der Waals surface area contributed by atoms with Crippen molar-refractivity contribution in [2.45, 2.75) is 0 Å². The van der Waals surface area contributed by atoms with E-state index in [9.17, 15) is 0 Å². The van der Waals surface area contributed by atoms with Crippen LogP contribution in [0.25, 0.3) is 81.0 Å². The van der Waals surface area contributed by atoms with Gasteiger partial charge in [0, 0.05) is 36.6 Å². The van der Waals surface area contributed by atoms with Crippen molar-refractivity contribution < 1.29 is 0 Å². The summed E-state index contributed by atoms with van der Waals surface area (Å²) in [7, 11) is 0. The molecule has 0 fully saturated rings. The third-order valence-corrected chi connectivity index (χ3v) is 9.99. The molecule has 0 unspecified atom stereocenters. The number of nitrogens with zero attached hydrogens (tertiary/aromatic N) is 1. The summed E-state index contributed by atoms with van der Waals surface area (Å²) in [6, 6.07) is 59.7. The smallest absolute Gasteiger partial charge is 0.0547 e. The van der Waals surface area contributed by atoms with E-state index in [1.54, 1.807) is 0 Å². The SMILES string of the molecule is c1ccc(-c2ccc3c4ccccc4n(-c4ccc(-c5ccc(-c6ccc7sc8ccccc8c7c6)cc5)cc4)c3c2)cc1. The second-order valence-corrected chi connectivity index (χ2v) is 12.5. The molecule has 2 heterocycles. The predicted octanol–water partition coefficient (Wildman–Crippen LogP) is 12.2. The summed E-state index contributed by atoms with van der Waals surface area (Å²) < 4.78 is 5.08. The normalized spacial score (nSPS) is 11.6. The van der Waals surface area contributed by atoms with Gasteiger partial charge in [-0.2, -0.15) is 0 Å². The van der Waals surface area contributed by atoms with Crippen LogP contribution in [0.5, 0.6) is 0 Å². The number of fused-ring (bicyclic) bond motifs is 6. The average Bonchev–Trinajstić information content (AvgIpc) is 3.64. The number of thiophene rings is 1. The van der Waals surface area contributed by atoms with Crippen molar-refractivity contribution in [2.75, 3.05) is 0 Å². The first-order valence-electron chi connectivity index (χ1n) is 15.0. The second kappa shape index (κ2) is 10.1. The maximum atomic E-state index is 2.40. The second-order valence-electron chi connectivity index (χ2n) is 11.4. The minimum atomic E-state index is 1.16. The minimum absolute atomic E-state index is 1.16. The third kappa shape index (κ3) is 4.07. The minimum Gasteiger partial charge on any atom is -0.309 e. The molecule has 0 aliphatic heterocycles. The van der Waals surface area contributed by atoms with Crippen molar-refractivity contribution in [3.05, 3.63) is 164 Å². The van der Waals surface area contributed by atoms with Crippen LogP contribution in [0.4, 0.5) is 0 Å². The maximum Gasteiger partial charge on any atom is 0.0547 e. The summed E-state index contributed by atoms with van der Waals surface area (Å²) >= 11 is 1.86. The first-order valence-corrected chi connectivity index (χ1v) is 15.8. The number of hydrogen-bond donors (Lipinski definition) is 0. The lowest BCUT2D eigenvalue weighted by molar-refractivity contribution is 1.18. The van der Waals surface area contributed by atoms with Gasteiger partial charge in [-0.15, -0.1) is 11.3 Å². The molecule has 1 nitrogen and oxygen atoms in total. The Hall–Kier alpha value is -5.44. The van der Waals surface area contributed by atoms with Gasteiger partial charge in [0.15, 0.2) is 0 Å². The van der Waals surface area contributed by atoms with Crippen molar-refractivity contribution in [1.82, 2.24) is 4.57 Å². The molecular formula is C42H27NS. The van der Waals surface area contributed by atoms with Crippen LogP contribution in [0.15, 0.2) is 164 Å². The van der Waals surface area contributed by atoms with Crippen molar-refractivity contribution >= 4 is 53.3 Å². The molecule has 0 atom stereocenters. The van der Waals surface area contributed by atoms with Crippen molar-refractivity contribution in [3.63, 3.8) is 0 Å². The first-order chi connectivity index (χ1) is 21.8. The maximum absolute atomic E-state index is 2.40. The molecule has 9 aromatic rings. The molecule has 2 heteroatoms. The molecule has 0 saturated carbocycles. The first kappa shape index (κ1) is 25.1. The summed E-state index contributed by atoms with van der Waals surface area (Å²) in [6.45, 7) is 0. The molecule has 0 bridgehead atoms. The quantitative estimate of drug-likeness (QED) is 0.196. The molecule has 0 spiro atoms. The molecular weight excluding hydrogens is 551 g/mol. The van der Waals surface area contributed by atoms with Crippen molar-refractivity contribution in [3.8, 4) is 39.1 Å². The van der Waals surface area contributed by atoms with Crippen LogP contribution in [-0.2, 0) is 0 Å². The largest absolute Gasteiger partial charge is 0.309 e. The standard InChI is InChI=1S/C42H27NS/c1-2-8-28(9-3-1)33-20-24-36-35-10-4-6-12-39(35)43(40(36)27-33)34-22-18-30(19-23-34)29-14-16-31(17-15-29)32-21-25-42-38(26-32)37-11-5-7-13-41(37)44-42/h1-27H. The Labute approximate surface area is 259 Å². The van der Waals surface area contributed by atoms with Crippen LogP contribution in [-0.4, -0.2) is 4.57 Å². The van der Waals surface area contributed by atoms with Crippen LogP contribution in [0, 0.1) is 0 Å². The Morgan fingerprint density at radius 2 is 0.841 bits per heavy atom. The van der Waals surface area contributed by atoms with Crippen LogP contribution in [0.2, 0.25) is 0 Å². The highest BCUT2D eigenvalue weighted by Crippen LogP contribution is 2.38. The fourth-order valence-electron chi connectivity index (χ4n) is 6.62. The summed E-state index contributed by atoms with van der Waals surface area (Å²) in [5, 5.41) is 5.22. The van der Waals surface area contributed by atoms with E-state index in [0.717, 1.165) is 5.69 Å². The van der Waals surface area contributed by atoms with Gasteiger partial charge in [-0.1, -0.05) is 121 Å². The van der Waals surface area contributed by atoms with Gasteiger partial charge in [0.25, 0.3) is 0 Å². The van der Waals surface area contributed by atoms with Gasteiger partial charge in [-0.05, 0) is 75.8 Å². The van der Waals surface area contributed by atoms with Gasteiger partial charge in [-0.3, -0.25) is 0 Å². The van der Waals surface area contributed by atoms with Crippen LogP contribution in [0.3, 0.4) is 0 Å². The molecule has 9 rings (SSSR count). The van der Waals surface area contributed by atoms with E-state index >= 15 is 0 Å². The zero-order chi connectivity index (χ0) is 29.0. The summed E-state index contributed by atoms with van der Waals surface area (Å²) in [5.41, 5.74) is 11.0. The number of hydrogen-bond acceptors (Lipinski definition) is 1. The fourth-order valence-corrected chi connectivity index (χ4v) is 7.71. The van der Waals surface area contributed by atoms with Gasteiger partial charge in [-0.25, -0.2) is 0 Å². The van der Waals surface area contributed by atoms with Crippen molar-refractivity contribution in [2.24, 2.45) is 0 Å². The zero-order valence-corrected chi connectivity index (χ0v) is 24.8. The Morgan fingerprint density at radius 1 is 0.318 bits per heavy atom. The van der Waals surface area contributed by atoms with E-state index in [2.05, 4.69) is 168 Å². The Kier molecular flexibility index (Phi) is 5.75. The van der Waals surface area contributed by atoms with Crippen LogP contribution in [0.1, 0.15) is 0 Å². The zero-order valence-electron chi connectivity index (χ0n) is 23.9. The van der Waals surface area contributed by atoms with Gasteiger partial charge >= 0.3 is 0 Å². The molecule has 206 valence electrons. The van der Waals surface area contributed by atoms with E-state index in [1.165, 1.54) is 75.4 Å². The highest BCUT2D eigenvalue weighted by atomic mass is 32.1. The van der Waals surface area contributed by atoms with Gasteiger partial charge < -0.3 is 4.57 Å². The van der Waals surface area contributed by atoms with Gasteiger partial charge in [0.2, 0.25) is 0 Å². The summed E-state index contributed by atoms with van der Waals surface area (Å²) in [6.07, 6.45) is 0. The predicted molar refractivity (Wildman–Crippen MR) is 190 cm³/mol. The monoisotopic (exact) mass is 577 g/mol. The van der Waals surface area contributed by atoms with E-state index in [1.807, 2.05) is 11.3 Å². The van der Waals surface area contributed by atoms with Gasteiger partial charge in [0.1, 0.15) is 0 Å². The lowest BCUT2D eigenvalue weighted by Crippen LogP contribution is -1.94. The number of para-hydroxylation sites is 1. The molecule has 2 aromatic heterocycles. The number of rotatable bonds is 4. The van der Waals surface area contributed by atoms with E-state index in [4.69, 9.17) is 0 Å². The molecule has 0 saturated heterocycles. The Morgan fingerprint density at radius 3 is 1.64 bits per heavy atom. The average molecular weight is 578 g/mol. The Bertz CT molecular complexity index is 2460. The summed E-state index contributed by atoms with van der Waals surface area (Å²) in [4.78, 5) is 0. The highest BCUT2D eigenvalue weighted by molar-refractivity contribution is 7.25.